The summed E-state index contributed by atoms with van der Waals surface area (Å²) in [7, 11) is 4.10. The van der Waals surface area contributed by atoms with E-state index in [-0.39, 0.29) is 11.9 Å². The van der Waals surface area contributed by atoms with Crippen LogP contribution in [0.3, 0.4) is 0 Å². The van der Waals surface area contributed by atoms with Crippen LogP contribution >= 0.6 is 11.3 Å². The number of para-hydroxylation sites is 1. The fourth-order valence-electron chi connectivity index (χ4n) is 4.15. The summed E-state index contributed by atoms with van der Waals surface area (Å²) in [5.74, 6) is 0.620. The zero-order valence-electron chi connectivity index (χ0n) is 17.8. The average Bonchev–Trinajstić information content (AvgIpc) is 3.19. The van der Waals surface area contributed by atoms with E-state index in [1.165, 1.54) is 15.3 Å². The molecule has 2 heterocycles. The Morgan fingerprint density at radius 2 is 1.83 bits per heavy atom. The molecule has 1 saturated heterocycles. The number of aromatic nitrogens is 1. The van der Waals surface area contributed by atoms with Crippen molar-refractivity contribution in [2.75, 3.05) is 40.3 Å². The Labute approximate surface area is 182 Å². The highest BCUT2D eigenvalue weighted by Crippen LogP contribution is 2.33. The van der Waals surface area contributed by atoms with Gasteiger partial charge in [-0.25, -0.2) is 4.98 Å². The number of likely N-dealkylation sites (tertiary alicyclic amines) is 1. The van der Waals surface area contributed by atoms with Crippen LogP contribution in [0.5, 0.6) is 0 Å². The Kier molecular flexibility index (Phi) is 6.77. The molecule has 0 radical (unpaired) electrons. The number of rotatable bonds is 7. The lowest BCUT2D eigenvalue weighted by molar-refractivity contribution is -0.122. The number of thiazole rings is 1. The third-order valence-electron chi connectivity index (χ3n) is 5.91. The predicted molar refractivity (Wildman–Crippen MR) is 124 cm³/mol. The molecule has 1 N–H and O–H groups in total. The number of hydrogen-bond acceptors (Lipinski definition) is 5. The van der Waals surface area contributed by atoms with Crippen molar-refractivity contribution in [3.05, 3.63) is 65.2 Å². The zero-order chi connectivity index (χ0) is 20.9. The number of nitrogens with zero attached hydrogens (tertiary/aromatic N) is 3. The van der Waals surface area contributed by atoms with Crippen LogP contribution in [0, 0.1) is 0 Å². The van der Waals surface area contributed by atoms with Crippen LogP contribution < -0.4 is 5.32 Å². The quantitative estimate of drug-likeness (QED) is 0.627. The first-order chi connectivity index (χ1) is 14.6. The molecule has 1 atom stereocenters. The number of amides is 1. The molecule has 1 unspecified atom stereocenters. The number of likely N-dealkylation sites (N-methyl/N-ethyl adjacent to an activating group) is 1. The molecule has 30 heavy (non-hydrogen) atoms. The molecule has 0 saturated carbocycles. The summed E-state index contributed by atoms with van der Waals surface area (Å²) in [5.41, 5.74) is 2.33. The van der Waals surface area contributed by atoms with Crippen molar-refractivity contribution in [2.24, 2.45) is 0 Å². The third-order valence-corrected chi connectivity index (χ3v) is 7.11. The minimum absolute atomic E-state index is 0.108. The maximum atomic E-state index is 12.6. The lowest BCUT2D eigenvalue weighted by atomic mass is 9.97. The summed E-state index contributed by atoms with van der Waals surface area (Å²) >= 11 is 1.82. The van der Waals surface area contributed by atoms with E-state index in [1.807, 2.05) is 35.6 Å². The number of carbonyl (C=O) groups excluding carboxylic acids is 1. The van der Waals surface area contributed by atoms with Crippen LogP contribution in [0.15, 0.2) is 54.6 Å². The molecule has 6 heteroatoms. The summed E-state index contributed by atoms with van der Waals surface area (Å²) in [6.07, 6.45) is 2.13. The van der Waals surface area contributed by atoms with E-state index in [2.05, 4.69) is 59.5 Å². The Balaban J connectivity index is 1.26. The van der Waals surface area contributed by atoms with Crippen molar-refractivity contribution in [3.63, 3.8) is 0 Å². The standard InChI is InChI=1S/C24H30N4OS/c1-27(2)21(18-8-4-3-5-9-18)16-25-23(29)17-28-14-12-19(13-15-28)24-26-20-10-6-7-11-22(20)30-24/h3-11,19,21H,12-17H2,1-2H3,(H,25,29). The molecule has 4 rings (SSSR count). The smallest absolute Gasteiger partial charge is 0.234 e. The summed E-state index contributed by atoms with van der Waals surface area (Å²) in [6.45, 7) is 2.99. The van der Waals surface area contributed by atoms with Gasteiger partial charge in [-0.2, -0.15) is 0 Å². The number of benzene rings is 2. The first-order valence-corrected chi connectivity index (χ1v) is 11.5. The van der Waals surface area contributed by atoms with E-state index < -0.39 is 0 Å². The Morgan fingerprint density at radius 1 is 1.13 bits per heavy atom. The van der Waals surface area contributed by atoms with Gasteiger partial charge >= 0.3 is 0 Å². The van der Waals surface area contributed by atoms with Crippen LogP contribution in [0.4, 0.5) is 0 Å². The van der Waals surface area contributed by atoms with E-state index in [1.54, 1.807) is 0 Å². The lowest BCUT2D eigenvalue weighted by Gasteiger charge is -2.31. The van der Waals surface area contributed by atoms with Crippen LogP contribution in [0.25, 0.3) is 10.2 Å². The van der Waals surface area contributed by atoms with Gasteiger partial charge in [-0.15, -0.1) is 11.3 Å². The van der Waals surface area contributed by atoms with Gasteiger partial charge in [-0.3, -0.25) is 9.69 Å². The first-order valence-electron chi connectivity index (χ1n) is 10.7. The first kappa shape index (κ1) is 21.0. The number of fused-ring (bicyclic) bond motifs is 1. The van der Waals surface area contributed by atoms with Crippen LogP contribution in [0.1, 0.15) is 35.4 Å². The molecule has 2 aromatic carbocycles. The second-order valence-electron chi connectivity index (χ2n) is 8.26. The van der Waals surface area contributed by atoms with E-state index in [0.717, 1.165) is 31.4 Å². The summed E-state index contributed by atoms with van der Waals surface area (Å²) in [5, 5.41) is 4.39. The van der Waals surface area contributed by atoms with E-state index >= 15 is 0 Å². The minimum Gasteiger partial charge on any atom is -0.353 e. The topological polar surface area (TPSA) is 48.5 Å². The number of carbonyl (C=O) groups is 1. The Hall–Kier alpha value is -2.28. The molecule has 3 aromatic rings. The zero-order valence-corrected chi connectivity index (χ0v) is 18.6. The largest absolute Gasteiger partial charge is 0.353 e. The maximum absolute atomic E-state index is 12.6. The fraction of sp³-hybridized carbons (Fsp3) is 0.417. The molecule has 0 bridgehead atoms. The lowest BCUT2D eigenvalue weighted by Crippen LogP contribution is -2.43. The molecule has 0 aliphatic carbocycles. The maximum Gasteiger partial charge on any atom is 0.234 e. The highest BCUT2D eigenvalue weighted by atomic mass is 32.1. The molecular weight excluding hydrogens is 392 g/mol. The van der Waals surface area contributed by atoms with Gasteiger partial charge in [-0.1, -0.05) is 42.5 Å². The van der Waals surface area contributed by atoms with E-state index in [0.29, 0.717) is 19.0 Å². The SMILES string of the molecule is CN(C)C(CNC(=O)CN1CCC(c2nc3ccccc3s2)CC1)c1ccccc1. The third kappa shape index (κ3) is 5.06. The normalized spacial score (nSPS) is 16.8. The van der Waals surface area contributed by atoms with Gasteiger partial charge in [0.2, 0.25) is 5.91 Å². The molecule has 5 nitrogen and oxygen atoms in total. The van der Waals surface area contributed by atoms with Gasteiger partial charge in [0.25, 0.3) is 0 Å². The van der Waals surface area contributed by atoms with Crippen molar-refractivity contribution in [1.29, 1.82) is 0 Å². The number of hydrogen-bond donors (Lipinski definition) is 1. The van der Waals surface area contributed by atoms with Gasteiger partial charge in [0, 0.05) is 12.5 Å². The fourth-order valence-corrected chi connectivity index (χ4v) is 5.28. The molecule has 1 aromatic heterocycles. The van der Waals surface area contributed by atoms with Gasteiger partial charge in [-0.05, 0) is 57.7 Å². The summed E-state index contributed by atoms with van der Waals surface area (Å²) < 4.78 is 1.27. The molecular formula is C24H30N4OS. The minimum atomic E-state index is 0.108. The monoisotopic (exact) mass is 422 g/mol. The highest BCUT2D eigenvalue weighted by Gasteiger charge is 2.24. The van der Waals surface area contributed by atoms with Crippen LogP contribution in [-0.4, -0.2) is 61.0 Å². The van der Waals surface area contributed by atoms with Crippen molar-refractivity contribution in [1.82, 2.24) is 20.1 Å². The van der Waals surface area contributed by atoms with Crippen molar-refractivity contribution >= 4 is 27.5 Å². The molecule has 1 amide bonds. The van der Waals surface area contributed by atoms with Crippen molar-refractivity contribution in [3.8, 4) is 0 Å². The molecule has 1 aliphatic rings. The predicted octanol–water partition coefficient (Wildman–Crippen LogP) is 3.89. The van der Waals surface area contributed by atoms with E-state index in [4.69, 9.17) is 4.98 Å². The second kappa shape index (κ2) is 9.69. The molecule has 1 aliphatic heterocycles. The van der Waals surface area contributed by atoms with Crippen molar-refractivity contribution < 1.29 is 4.79 Å². The van der Waals surface area contributed by atoms with E-state index in [9.17, 15) is 4.79 Å². The molecule has 158 valence electrons. The van der Waals surface area contributed by atoms with Crippen LogP contribution in [-0.2, 0) is 4.79 Å². The number of nitrogens with one attached hydrogen (secondary N) is 1. The second-order valence-corrected chi connectivity index (χ2v) is 9.33. The van der Waals surface area contributed by atoms with Gasteiger partial charge in [0.05, 0.1) is 27.8 Å². The van der Waals surface area contributed by atoms with Gasteiger partial charge in [0.15, 0.2) is 0 Å². The Bertz CT molecular complexity index is 931. The van der Waals surface area contributed by atoms with Gasteiger partial charge < -0.3 is 10.2 Å². The molecule has 1 fully saturated rings. The molecule has 0 spiro atoms. The Morgan fingerprint density at radius 3 is 2.53 bits per heavy atom. The average molecular weight is 423 g/mol. The summed E-state index contributed by atoms with van der Waals surface area (Å²) in [4.78, 5) is 21.8. The van der Waals surface area contributed by atoms with Crippen molar-refractivity contribution in [2.45, 2.75) is 24.8 Å². The van der Waals surface area contributed by atoms with Crippen LogP contribution in [0.2, 0.25) is 0 Å². The summed E-state index contributed by atoms with van der Waals surface area (Å²) in [6, 6.07) is 18.9. The highest BCUT2D eigenvalue weighted by molar-refractivity contribution is 7.18. The van der Waals surface area contributed by atoms with Gasteiger partial charge in [0.1, 0.15) is 0 Å². The number of piperidine rings is 1.